The highest BCUT2D eigenvalue weighted by Crippen LogP contribution is 2.25. The first kappa shape index (κ1) is 9.01. The average molecular weight is 156 g/mol. The molecule has 1 aliphatic carbocycles. The fourth-order valence-electron chi connectivity index (χ4n) is 1.33. The van der Waals surface area contributed by atoms with E-state index in [0.717, 1.165) is 6.04 Å². The lowest BCUT2D eigenvalue weighted by atomic mass is 10.3. The Labute approximate surface area is 70.2 Å². The first-order chi connectivity index (χ1) is 5.20. The lowest BCUT2D eigenvalue weighted by Crippen LogP contribution is -2.25. The normalized spacial score (nSPS) is 18.3. The van der Waals surface area contributed by atoms with Gasteiger partial charge in [0.25, 0.3) is 0 Å². The Balaban J connectivity index is 1.93. The van der Waals surface area contributed by atoms with E-state index in [1.54, 1.807) is 0 Å². The summed E-state index contributed by atoms with van der Waals surface area (Å²) in [4.78, 5) is 4.74. The van der Waals surface area contributed by atoms with Crippen molar-refractivity contribution in [2.45, 2.75) is 25.3 Å². The van der Waals surface area contributed by atoms with Crippen LogP contribution >= 0.6 is 0 Å². The van der Waals surface area contributed by atoms with Crippen molar-refractivity contribution in [2.75, 3.05) is 34.2 Å². The molecular weight excluding hydrogens is 136 g/mol. The molecule has 2 nitrogen and oxygen atoms in total. The summed E-state index contributed by atoms with van der Waals surface area (Å²) in [6, 6.07) is 0.928. The largest absolute Gasteiger partial charge is 0.309 e. The summed E-state index contributed by atoms with van der Waals surface area (Å²) in [5.41, 5.74) is 0. The summed E-state index contributed by atoms with van der Waals surface area (Å²) in [6.45, 7) is 2.49. The lowest BCUT2D eigenvalue weighted by molar-refractivity contribution is 0.293. The van der Waals surface area contributed by atoms with Crippen molar-refractivity contribution in [3.63, 3.8) is 0 Å². The van der Waals surface area contributed by atoms with E-state index in [1.807, 2.05) is 0 Å². The monoisotopic (exact) mass is 156 g/mol. The molecule has 0 amide bonds. The molecule has 0 aromatic heterocycles. The number of hydrogen-bond acceptors (Lipinski definition) is 2. The topological polar surface area (TPSA) is 6.48 Å². The van der Waals surface area contributed by atoms with Crippen molar-refractivity contribution < 1.29 is 0 Å². The third-order valence-corrected chi connectivity index (χ3v) is 2.29. The molecule has 1 aliphatic rings. The van der Waals surface area contributed by atoms with Crippen LogP contribution in [-0.4, -0.2) is 50.1 Å². The minimum Gasteiger partial charge on any atom is -0.309 e. The highest BCUT2D eigenvalue weighted by molar-refractivity contribution is 4.82. The van der Waals surface area contributed by atoms with Crippen LogP contribution in [0.25, 0.3) is 0 Å². The molecule has 0 N–H and O–H groups in total. The summed E-state index contributed by atoms with van der Waals surface area (Å²) < 4.78 is 0. The SMILES string of the molecule is CN(C)CCCN(C)C1CC1. The van der Waals surface area contributed by atoms with Gasteiger partial charge in [-0.3, -0.25) is 0 Å². The Kier molecular flexibility index (Phi) is 3.34. The van der Waals surface area contributed by atoms with Gasteiger partial charge in [-0.25, -0.2) is 0 Å². The molecule has 1 rings (SSSR count). The third-order valence-electron chi connectivity index (χ3n) is 2.29. The Morgan fingerprint density at radius 2 is 1.73 bits per heavy atom. The summed E-state index contributed by atoms with van der Waals surface area (Å²) in [6.07, 6.45) is 4.16. The van der Waals surface area contributed by atoms with Gasteiger partial charge < -0.3 is 9.80 Å². The summed E-state index contributed by atoms with van der Waals surface area (Å²) >= 11 is 0. The fraction of sp³-hybridized carbons (Fsp3) is 1.00. The van der Waals surface area contributed by atoms with Crippen LogP contribution in [-0.2, 0) is 0 Å². The van der Waals surface area contributed by atoms with Gasteiger partial charge in [0.15, 0.2) is 0 Å². The number of rotatable bonds is 5. The summed E-state index contributed by atoms with van der Waals surface area (Å²) in [7, 11) is 6.52. The predicted octanol–water partition coefficient (Wildman–Crippen LogP) is 1.03. The van der Waals surface area contributed by atoms with E-state index < -0.39 is 0 Å². The molecule has 66 valence electrons. The second-order valence-electron chi connectivity index (χ2n) is 3.87. The molecule has 0 saturated heterocycles. The molecule has 0 spiro atoms. The van der Waals surface area contributed by atoms with Gasteiger partial charge in [-0.2, -0.15) is 0 Å². The first-order valence-electron chi connectivity index (χ1n) is 4.55. The van der Waals surface area contributed by atoms with Crippen molar-refractivity contribution in [2.24, 2.45) is 0 Å². The maximum Gasteiger partial charge on any atom is 0.00933 e. The van der Waals surface area contributed by atoms with Gasteiger partial charge in [0.2, 0.25) is 0 Å². The average Bonchev–Trinajstić information content (AvgIpc) is 2.66. The van der Waals surface area contributed by atoms with Crippen LogP contribution < -0.4 is 0 Å². The van der Waals surface area contributed by atoms with E-state index in [-0.39, 0.29) is 0 Å². The van der Waals surface area contributed by atoms with Gasteiger partial charge in [0.05, 0.1) is 0 Å². The zero-order chi connectivity index (χ0) is 8.27. The van der Waals surface area contributed by atoms with E-state index in [2.05, 4.69) is 30.9 Å². The molecule has 0 aromatic carbocycles. The molecule has 1 saturated carbocycles. The number of nitrogens with zero attached hydrogens (tertiary/aromatic N) is 2. The minimum absolute atomic E-state index is 0.928. The number of hydrogen-bond donors (Lipinski definition) is 0. The van der Waals surface area contributed by atoms with Crippen LogP contribution in [0.5, 0.6) is 0 Å². The van der Waals surface area contributed by atoms with Crippen LogP contribution in [0, 0.1) is 0 Å². The van der Waals surface area contributed by atoms with Crippen molar-refractivity contribution in [1.82, 2.24) is 9.80 Å². The van der Waals surface area contributed by atoms with E-state index >= 15 is 0 Å². The molecular formula is C9H20N2. The van der Waals surface area contributed by atoms with Crippen molar-refractivity contribution in [1.29, 1.82) is 0 Å². The molecule has 0 aliphatic heterocycles. The van der Waals surface area contributed by atoms with Gasteiger partial charge in [0, 0.05) is 6.04 Å². The molecule has 0 radical (unpaired) electrons. The van der Waals surface area contributed by atoms with E-state index in [1.165, 1.54) is 32.4 Å². The predicted molar refractivity (Wildman–Crippen MR) is 48.8 cm³/mol. The molecule has 0 aromatic rings. The Hall–Kier alpha value is -0.0800. The zero-order valence-electron chi connectivity index (χ0n) is 8.01. The minimum atomic E-state index is 0.928. The van der Waals surface area contributed by atoms with Gasteiger partial charge in [-0.1, -0.05) is 0 Å². The molecule has 1 fully saturated rings. The molecule has 0 bridgehead atoms. The van der Waals surface area contributed by atoms with Crippen molar-refractivity contribution >= 4 is 0 Å². The Morgan fingerprint density at radius 1 is 1.09 bits per heavy atom. The molecule has 0 atom stereocenters. The molecule has 0 heterocycles. The third kappa shape index (κ3) is 3.73. The highest BCUT2D eigenvalue weighted by Gasteiger charge is 2.25. The van der Waals surface area contributed by atoms with Crippen molar-refractivity contribution in [3.8, 4) is 0 Å². The van der Waals surface area contributed by atoms with Crippen LogP contribution in [0.3, 0.4) is 0 Å². The van der Waals surface area contributed by atoms with Crippen molar-refractivity contribution in [3.05, 3.63) is 0 Å². The molecule has 0 unspecified atom stereocenters. The van der Waals surface area contributed by atoms with E-state index in [0.29, 0.717) is 0 Å². The van der Waals surface area contributed by atoms with Crippen LogP contribution in [0.15, 0.2) is 0 Å². The maximum absolute atomic E-state index is 2.49. The standard InChI is InChI=1S/C9H20N2/c1-10(2)7-4-8-11(3)9-5-6-9/h9H,4-8H2,1-3H3. The highest BCUT2D eigenvalue weighted by atomic mass is 15.2. The Morgan fingerprint density at radius 3 is 2.18 bits per heavy atom. The smallest absolute Gasteiger partial charge is 0.00933 e. The fourth-order valence-corrected chi connectivity index (χ4v) is 1.33. The molecule has 11 heavy (non-hydrogen) atoms. The maximum atomic E-state index is 2.49. The Bertz CT molecular complexity index is 108. The van der Waals surface area contributed by atoms with Gasteiger partial charge in [0.1, 0.15) is 0 Å². The zero-order valence-corrected chi connectivity index (χ0v) is 8.01. The summed E-state index contributed by atoms with van der Waals surface area (Å²) in [5, 5.41) is 0. The van der Waals surface area contributed by atoms with E-state index in [4.69, 9.17) is 0 Å². The summed E-state index contributed by atoms with van der Waals surface area (Å²) in [5.74, 6) is 0. The lowest BCUT2D eigenvalue weighted by Gasteiger charge is -2.16. The van der Waals surface area contributed by atoms with Gasteiger partial charge >= 0.3 is 0 Å². The quantitative estimate of drug-likeness (QED) is 0.586. The van der Waals surface area contributed by atoms with Gasteiger partial charge in [-0.15, -0.1) is 0 Å². The second kappa shape index (κ2) is 4.07. The van der Waals surface area contributed by atoms with Crippen LogP contribution in [0.2, 0.25) is 0 Å². The van der Waals surface area contributed by atoms with E-state index in [9.17, 15) is 0 Å². The van der Waals surface area contributed by atoms with Crippen LogP contribution in [0.4, 0.5) is 0 Å². The first-order valence-corrected chi connectivity index (χ1v) is 4.55. The van der Waals surface area contributed by atoms with Gasteiger partial charge in [-0.05, 0) is 53.5 Å². The second-order valence-corrected chi connectivity index (χ2v) is 3.87. The molecule has 2 heteroatoms. The van der Waals surface area contributed by atoms with Crippen LogP contribution in [0.1, 0.15) is 19.3 Å².